The van der Waals surface area contributed by atoms with Crippen LogP contribution in [0.4, 0.5) is 0 Å². The highest BCUT2D eigenvalue weighted by Gasteiger charge is 2.19. The van der Waals surface area contributed by atoms with Crippen LogP contribution >= 0.6 is 0 Å². The van der Waals surface area contributed by atoms with Crippen LogP contribution in [-0.2, 0) is 0 Å². The Balaban J connectivity index is 1.04. The van der Waals surface area contributed by atoms with Gasteiger partial charge in [0, 0.05) is 21.5 Å². The highest BCUT2D eigenvalue weighted by molar-refractivity contribution is 6.25. The first-order chi connectivity index (χ1) is 24.8. The summed E-state index contributed by atoms with van der Waals surface area (Å²) in [4.78, 5) is 0. The molecule has 0 fully saturated rings. The second-order valence-corrected chi connectivity index (χ2v) is 13.2. The van der Waals surface area contributed by atoms with Crippen molar-refractivity contribution in [3.05, 3.63) is 170 Å². The lowest BCUT2D eigenvalue weighted by Gasteiger charge is -2.18. The van der Waals surface area contributed by atoms with Gasteiger partial charge in [0.05, 0.1) is 5.39 Å². The third-order valence-electron chi connectivity index (χ3n) is 10.5. The maximum atomic E-state index is 6.65. The minimum absolute atomic E-state index is 0.834. The number of fused-ring (bicyclic) bond motifs is 11. The van der Waals surface area contributed by atoms with Crippen LogP contribution in [-0.4, -0.2) is 0 Å². The molecule has 0 spiro atoms. The number of rotatable bonds is 3. The smallest absolute Gasteiger partial charge is 0.147 e. The van der Waals surface area contributed by atoms with E-state index in [0.717, 1.165) is 60.4 Å². The fourth-order valence-electron chi connectivity index (χ4n) is 8.19. The van der Waals surface area contributed by atoms with Crippen LogP contribution in [0.25, 0.3) is 110 Å². The lowest BCUT2D eigenvalue weighted by molar-refractivity contribution is 0.664. The van der Waals surface area contributed by atoms with Gasteiger partial charge in [0.2, 0.25) is 0 Å². The van der Waals surface area contributed by atoms with Crippen LogP contribution < -0.4 is 0 Å². The van der Waals surface area contributed by atoms with Gasteiger partial charge >= 0.3 is 0 Å². The van der Waals surface area contributed by atoms with E-state index in [0.29, 0.717) is 0 Å². The summed E-state index contributed by atoms with van der Waals surface area (Å²) in [7, 11) is 0. The Hall–Kier alpha value is -6.64. The van der Waals surface area contributed by atoms with E-state index in [4.69, 9.17) is 8.83 Å². The van der Waals surface area contributed by atoms with Crippen molar-refractivity contribution in [3.63, 3.8) is 0 Å². The maximum absolute atomic E-state index is 6.65. The van der Waals surface area contributed by atoms with E-state index < -0.39 is 0 Å². The molecule has 232 valence electrons. The van der Waals surface area contributed by atoms with E-state index in [1.54, 1.807) is 0 Å². The van der Waals surface area contributed by atoms with E-state index in [1.165, 1.54) is 49.2 Å². The minimum atomic E-state index is 0.834. The monoisotopic (exact) mass is 636 g/mol. The van der Waals surface area contributed by atoms with Crippen molar-refractivity contribution >= 4 is 76.2 Å². The number of benzene rings is 9. The van der Waals surface area contributed by atoms with Gasteiger partial charge in [0.15, 0.2) is 0 Å². The molecule has 2 heterocycles. The number of hydrogen-bond acceptors (Lipinski definition) is 2. The molecular weight excluding hydrogens is 609 g/mol. The Kier molecular flexibility index (Phi) is 5.70. The molecule has 0 saturated heterocycles. The molecule has 0 amide bonds. The quantitative estimate of drug-likeness (QED) is 0.180. The fraction of sp³-hybridized carbons (Fsp3) is 0. The van der Waals surface area contributed by atoms with Crippen molar-refractivity contribution in [2.45, 2.75) is 0 Å². The summed E-state index contributed by atoms with van der Waals surface area (Å²) in [5.74, 6) is 0. The second-order valence-electron chi connectivity index (χ2n) is 13.2. The number of furan rings is 2. The van der Waals surface area contributed by atoms with Crippen molar-refractivity contribution < 1.29 is 8.83 Å². The van der Waals surface area contributed by atoms with E-state index in [1.807, 2.05) is 0 Å². The normalized spacial score (nSPS) is 12.0. The first kappa shape index (κ1) is 27.3. The standard InChI is InChI=1S/C48H28O2/c1-2-11-31(12-3-1)44-35-14-6-8-16-37(35)45(38-17-9-7-15-36(38)44)32-20-18-29(19-21-32)33-23-25-41-43(28-33)49-42-27-26-40-39-24-22-30-10-4-5-13-34(30)47(39)50-48(40)46(41)42/h1-28H. The molecule has 11 aromatic rings. The topological polar surface area (TPSA) is 26.3 Å². The van der Waals surface area contributed by atoms with Gasteiger partial charge in [0.1, 0.15) is 22.3 Å². The molecule has 50 heavy (non-hydrogen) atoms. The molecule has 0 aliphatic rings. The molecule has 2 aromatic heterocycles. The number of hydrogen-bond donors (Lipinski definition) is 0. The molecule has 2 heteroatoms. The summed E-state index contributed by atoms with van der Waals surface area (Å²) >= 11 is 0. The van der Waals surface area contributed by atoms with Crippen molar-refractivity contribution in [2.75, 3.05) is 0 Å². The van der Waals surface area contributed by atoms with Crippen molar-refractivity contribution in [2.24, 2.45) is 0 Å². The van der Waals surface area contributed by atoms with Gasteiger partial charge < -0.3 is 8.83 Å². The zero-order valence-electron chi connectivity index (χ0n) is 27.0. The summed E-state index contributed by atoms with van der Waals surface area (Å²) in [6.45, 7) is 0. The van der Waals surface area contributed by atoms with Crippen LogP contribution in [0, 0.1) is 0 Å². The molecule has 0 unspecified atom stereocenters. The summed E-state index contributed by atoms with van der Waals surface area (Å²) in [5, 5.41) is 11.7. The van der Waals surface area contributed by atoms with Gasteiger partial charge in [-0.25, -0.2) is 0 Å². The summed E-state index contributed by atoms with van der Waals surface area (Å²) < 4.78 is 13.1. The Morgan fingerprint density at radius 2 is 0.800 bits per heavy atom. The summed E-state index contributed by atoms with van der Waals surface area (Å²) in [6.07, 6.45) is 0. The predicted molar refractivity (Wildman–Crippen MR) is 210 cm³/mol. The molecule has 2 nitrogen and oxygen atoms in total. The second kappa shape index (κ2) is 10.4. The largest absolute Gasteiger partial charge is 0.456 e. The fourth-order valence-corrected chi connectivity index (χ4v) is 8.19. The summed E-state index contributed by atoms with van der Waals surface area (Å²) in [6, 6.07) is 60.8. The predicted octanol–water partition coefficient (Wildman–Crippen LogP) is 13.9. The maximum Gasteiger partial charge on any atom is 0.147 e. The Bertz CT molecular complexity index is 3070. The SMILES string of the molecule is c1ccc(-c2c3ccccc3c(-c3ccc(-c4ccc5c(c4)oc4ccc6c7ccc8ccccc8c7oc6c45)cc3)c3ccccc23)cc1. The molecule has 0 radical (unpaired) electrons. The molecule has 0 aliphatic carbocycles. The van der Waals surface area contributed by atoms with Crippen LogP contribution in [0.3, 0.4) is 0 Å². The van der Waals surface area contributed by atoms with E-state index in [9.17, 15) is 0 Å². The zero-order valence-corrected chi connectivity index (χ0v) is 27.0. The Labute approximate surface area is 287 Å². The van der Waals surface area contributed by atoms with Gasteiger partial charge in [0.25, 0.3) is 0 Å². The van der Waals surface area contributed by atoms with Gasteiger partial charge in [-0.1, -0.05) is 140 Å². The third kappa shape index (κ3) is 3.90. The average molecular weight is 637 g/mol. The van der Waals surface area contributed by atoms with Crippen molar-refractivity contribution in [1.82, 2.24) is 0 Å². The molecular formula is C48H28O2. The Morgan fingerprint density at radius 3 is 1.50 bits per heavy atom. The van der Waals surface area contributed by atoms with E-state index >= 15 is 0 Å². The van der Waals surface area contributed by atoms with Gasteiger partial charge in [-0.2, -0.15) is 0 Å². The average Bonchev–Trinajstić information content (AvgIpc) is 3.75. The zero-order chi connectivity index (χ0) is 32.8. The lowest BCUT2D eigenvalue weighted by Crippen LogP contribution is -1.90. The van der Waals surface area contributed by atoms with Crippen LogP contribution in [0.2, 0.25) is 0 Å². The minimum Gasteiger partial charge on any atom is -0.456 e. The van der Waals surface area contributed by atoms with Crippen molar-refractivity contribution in [3.8, 4) is 33.4 Å². The Morgan fingerprint density at radius 1 is 0.280 bits per heavy atom. The van der Waals surface area contributed by atoms with Crippen molar-refractivity contribution in [1.29, 1.82) is 0 Å². The molecule has 11 rings (SSSR count). The van der Waals surface area contributed by atoms with Gasteiger partial charge in [-0.3, -0.25) is 0 Å². The van der Waals surface area contributed by atoms with E-state index in [-0.39, 0.29) is 0 Å². The molecule has 0 saturated carbocycles. The van der Waals surface area contributed by atoms with Crippen LogP contribution in [0.15, 0.2) is 179 Å². The van der Waals surface area contributed by atoms with Crippen LogP contribution in [0.1, 0.15) is 0 Å². The molecule has 9 aromatic carbocycles. The molecule has 0 aliphatic heterocycles. The lowest BCUT2D eigenvalue weighted by atomic mass is 9.86. The molecule has 0 atom stereocenters. The molecule has 0 bridgehead atoms. The first-order valence-electron chi connectivity index (χ1n) is 17.1. The van der Waals surface area contributed by atoms with Crippen LogP contribution in [0.5, 0.6) is 0 Å². The van der Waals surface area contributed by atoms with Gasteiger partial charge in [-0.05, 0) is 90.6 Å². The highest BCUT2D eigenvalue weighted by Crippen LogP contribution is 2.45. The molecule has 0 N–H and O–H groups in total. The van der Waals surface area contributed by atoms with E-state index in [2.05, 4.69) is 170 Å². The highest BCUT2D eigenvalue weighted by atomic mass is 16.3. The third-order valence-corrected chi connectivity index (χ3v) is 10.5. The summed E-state index contributed by atoms with van der Waals surface area (Å²) in [5.41, 5.74) is 10.7. The first-order valence-corrected chi connectivity index (χ1v) is 17.1. The van der Waals surface area contributed by atoms with Gasteiger partial charge in [-0.15, -0.1) is 0 Å².